The van der Waals surface area contributed by atoms with Crippen LogP contribution in [0.5, 0.6) is 5.75 Å². The first-order chi connectivity index (χ1) is 9.04. The van der Waals surface area contributed by atoms with Crippen LogP contribution < -0.4 is 4.74 Å². The van der Waals surface area contributed by atoms with E-state index in [1.165, 1.54) is 4.90 Å². The Hall–Kier alpha value is -2.30. The van der Waals surface area contributed by atoms with Gasteiger partial charge in [0.1, 0.15) is 12.4 Å². The molecule has 1 N–H and O–H groups in total. The largest absolute Gasteiger partial charge is 0.490 e. The van der Waals surface area contributed by atoms with Crippen LogP contribution in [0.25, 0.3) is 0 Å². The van der Waals surface area contributed by atoms with Crippen LogP contribution >= 0.6 is 0 Å². The molecule has 0 bridgehead atoms. The first-order valence-corrected chi connectivity index (χ1v) is 5.85. The number of carbonyl (C=O) groups is 2. The summed E-state index contributed by atoms with van der Waals surface area (Å²) < 4.78 is 5.31. The fourth-order valence-corrected chi connectivity index (χ4v) is 1.43. The van der Waals surface area contributed by atoms with E-state index >= 15 is 0 Å². The van der Waals surface area contributed by atoms with Crippen LogP contribution in [0.15, 0.2) is 36.9 Å². The third-order valence-electron chi connectivity index (χ3n) is 2.48. The van der Waals surface area contributed by atoms with Gasteiger partial charge in [-0.25, -0.2) is 0 Å². The van der Waals surface area contributed by atoms with E-state index in [-0.39, 0.29) is 18.9 Å². The van der Waals surface area contributed by atoms with Crippen LogP contribution in [0, 0.1) is 0 Å². The molecule has 102 valence electrons. The summed E-state index contributed by atoms with van der Waals surface area (Å²) in [6.07, 6.45) is 1.57. The summed E-state index contributed by atoms with van der Waals surface area (Å²) in [5.41, 5.74) is 0.499. The molecule has 5 nitrogen and oxygen atoms in total. The van der Waals surface area contributed by atoms with Crippen LogP contribution in [-0.4, -0.2) is 42.1 Å². The van der Waals surface area contributed by atoms with Gasteiger partial charge in [0, 0.05) is 19.2 Å². The lowest BCUT2D eigenvalue weighted by atomic mass is 10.2. The molecule has 0 unspecified atom stereocenters. The van der Waals surface area contributed by atoms with Gasteiger partial charge in [0.25, 0.3) is 5.91 Å². The molecule has 0 aliphatic rings. The zero-order chi connectivity index (χ0) is 14.3. The molecule has 0 saturated carbocycles. The Morgan fingerprint density at radius 1 is 1.37 bits per heavy atom. The van der Waals surface area contributed by atoms with Gasteiger partial charge >= 0.3 is 5.97 Å². The highest BCUT2D eigenvalue weighted by Gasteiger charge is 2.12. The highest BCUT2D eigenvalue weighted by molar-refractivity contribution is 5.94. The molecule has 1 aromatic rings. The number of hydrogen-bond donors (Lipinski definition) is 1. The van der Waals surface area contributed by atoms with Crippen LogP contribution in [0.4, 0.5) is 0 Å². The molecule has 0 atom stereocenters. The summed E-state index contributed by atoms with van der Waals surface area (Å²) in [5.74, 6) is -0.478. The number of ether oxygens (including phenoxy) is 1. The number of benzene rings is 1. The van der Waals surface area contributed by atoms with Gasteiger partial charge in [-0.05, 0) is 24.3 Å². The fraction of sp³-hybridized carbons (Fsp3) is 0.286. The van der Waals surface area contributed by atoms with Crippen molar-refractivity contribution in [2.75, 3.05) is 20.2 Å². The maximum Gasteiger partial charge on any atom is 0.305 e. The van der Waals surface area contributed by atoms with Crippen LogP contribution in [0.2, 0.25) is 0 Å². The highest BCUT2D eigenvalue weighted by atomic mass is 16.5. The molecule has 1 rings (SSSR count). The van der Waals surface area contributed by atoms with E-state index in [1.54, 1.807) is 37.4 Å². The molecule has 19 heavy (non-hydrogen) atoms. The SMILES string of the molecule is C=CCOc1ccc(C(=O)N(C)CCC(=O)O)cc1. The Balaban J connectivity index is 2.61. The topological polar surface area (TPSA) is 66.8 Å². The van der Waals surface area contributed by atoms with E-state index in [9.17, 15) is 9.59 Å². The molecule has 0 aromatic heterocycles. The molecular weight excluding hydrogens is 246 g/mol. The minimum atomic E-state index is -0.923. The van der Waals surface area contributed by atoms with Crippen LogP contribution in [0.1, 0.15) is 16.8 Å². The second-order valence-electron chi connectivity index (χ2n) is 3.99. The summed E-state index contributed by atoms with van der Waals surface area (Å²) in [7, 11) is 1.58. The van der Waals surface area contributed by atoms with Crippen LogP contribution in [-0.2, 0) is 4.79 Å². The quantitative estimate of drug-likeness (QED) is 0.762. The van der Waals surface area contributed by atoms with Crippen molar-refractivity contribution in [3.8, 4) is 5.75 Å². The van der Waals surface area contributed by atoms with E-state index in [4.69, 9.17) is 9.84 Å². The average Bonchev–Trinajstić information content (AvgIpc) is 2.42. The summed E-state index contributed by atoms with van der Waals surface area (Å²) in [6, 6.07) is 6.69. The van der Waals surface area contributed by atoms with Crippen molar-refractivity contribution in [3.63, 3.8) is 0 Å². The molecule has 0 saturated heterocycles. The Morgan fingerprint density at radius 2 is 2.00 bits per heavy atom. The maximum atomic E-state index is 12.0. The normalized spacial score (nSPS) is 9.74. The Kier molecular flexibility index (Phi) is 5.60. The summed E-state index contributed by atoms with van der Waals surface area (Å²) in [4.78, 5) is 23.8. The van der Waals surface area contributed by atoms with E-state index in [0.29, 0.717) is 17.9 Å². The number of carboxylic acids is 1. The van der Waals surface area contributed by atoms with Crippen molar-refractivity contribution in [2.24, 2.45) is 0 Å². The molecule has 1 aromatic carbocycles. The molecule has 0 spiro atoms. The monoisotopic (exact) mass is 263 g/mol. The third-order valence-corrected chi connectivity index (χ3v) is 2.48. The van der Waals surface area contributed by atoms with E-state index in [0.717, 1.165) is 0 Å². The Bertz CT molecular complexity index is 453. The maximum absolute atomic E-state index is 12.0. The Labute approximate surface area is 112 Å². The zero-order valence-corrected chi connectivity index (χ0v) is 10.8. The van der Waals surface area contributed by atoms with Gasteiger partial charge in [0.2, 0.25) is 0 Å². The standard InChI is InChI=1S/C14H17NO4/c1-3-10-19-12-6-4-11(5-7-12)14(18)15(2)9-8-13(16)17/h3-7H,1,8-10H2,2H3,(H,16,17). The lowest BCUT2D eigenvalue weighted by Crippen LogP contribution is -2.28. The molecule has 0 fully saturated rings. The lowest BCUT2D eigenvalue weighted by molar-refractivity contribution is -0.137. The van der Waals surface area contributed by atoms with Gasteiger partial charge in [-0.15, -0.1) is 0 Å². The molecular formula is C14H17NO4. The first kappa shape index (κ1) is 14.8. The third kappa shape index (κ3) is 4.83. The second kappa shape index (κ2) is 7.20. The summed E-state index contributed by atoms with van der Waals surface area (Å²) in [5, 5.41) is 8.57. The predicted molar refractivity (Wildman–Crippen MR) is 71.3 cm³/mol. The van der Waals surface area contributed by atoms with Gasteiger partial charge in [-0.2, -0.15) is 0 Å². The number of rotatable bonds is 7. The number of hydrogen-bond acceptors (Lipinski definition) is 3. The number of carboxylic acid groups (broad SMARTS) is 1. The summed E-state index contributed by atoms with van der Waals surface area (Å²) in [6.45, 7) is 4.14. The number of aliphatic carboxylic acids is 1. The minimum Gasteiger partial charge on any atom is -0.490 e. The minimum absolute atomic E-state index is 0.0667. The average molecular weight is 263 g/mol. The van der Waals surface area contributed by atoms with Crippen molar-refractivity contribution in [2.45, 2.75) is 6.42 Å². The molecule has 0 aliphatic carbocycles. The van der Waals surface area contributed by atoms with Gasteiger partial charge in [0.15, 0.2) is 0 Å². The zero-order valence-electron chi connectivity index (χ0n) is 10.8. The van der Waals surface area contributed by atoms with Crippen molar-refractivity contribution >= 4 is 11.9 Å². The lowest BCUT2D eigenvalue weighted by Gasteiger charge is -2.16. The van der Waals surface area contributed by atoms with Crippen molar-refractivity contribution in [3.05, 3.63) is 42.5 Å². The van der Waals surface area contributed by atoms with Crippen molar-refractivity contribution < 1.29 is 19.4 Å². The van der Waals surface area contributed by atoms with Crippen molar-refractivity contribution in [1.82, 2.24) is 4.90 Å². The molecule has 0 radical (unpaired) electrons. The molecule has 0 heterocycles. The van der Waals surface area contributed by atoms with Gasteiger partial charge in [-0.3, -0.25) is 9.59 Å². The number of amides is 1. The van der Waals surface area contributed by atoms with Gasteiger partial charge in [-0.1, -0.05) is 12.7 Å². The predicted octanol–water partition coefficient (Wildman–Crippen LogP) is 1.80. The first-order valence-electron chi connectivity index (χ1n) is 5.85. The highest BCUT2D eigenvalue weighted by Crippen LogP contribution is 2.13. The number of carbonyl (C=O) groups excluding carboxylic acids is 1. The smallest absolute Gasteiger partial charge is 0.305 e. The van der Waals surface area contributed by atoms with E-state index < -0.39 is 5.97 Å². The van der Waals surface area contributed by atoms with E-state index in [2.05, 4.69) is 6.58 Å². The van der Waals surface area contributed by atoms with Gasteiger partial charge in [0.05, 0.1) is 6.42 Å². The number of nitrogens with zero attached hydrogens (tertiary/aromatic N) is 1. The van der Waals surface area contributed by atoms with Gasteiger partial charge < -0.3 is 14.7 Å². The molecule has 0 aliphatic heterocycles. The second-order valence-corrected chi connectivity index (χ2v) is 3.99. The fourth-order valence-electron chi connectivity index (χ4n) is 1.43. The molecule has 1 amide bonds. The van der Waals surface area contributed by atoms with Crippen molar-refractivity contribution in [1.29, 1.82) is 0 Å². The molecule has 5 heteroatoms. The Morgan fingerprint density at radius 3 is 2.53 bits per heavy atom. The van der Waals surface area contributed by atoms with Crippen LogP contribution in [0.3, 0.4) is 0 Å². The summed E-state index contributed by atoms with van der Waals surface area (Å²) >= 11 is 0. The van der Waals surface area contributed by atoms with E-state index in [1.807, 2.05) is 0 Å².